The molecule has 2 heterocycles. The highest BCUT2D eigenvalue weighted by Crippen LogP contribution is 2.35. The molecule has 194 valence electrons. The number of hydrogen-bond acceptors (Lipinski definition) is 4. The fraction of sp³-hybridized carbons (Fsp3) is 0.290. The second-order valence-electron chi connectivity index (χ2n) is 9.31. The molecule has 2 aromatic heterocycles. The van der Waals surface area contributed by atoms with E-state index in [4.69, 9.17) is 4.74 Å². The second-order valence-corrected chi connectivity index (χ2v) is 9.31. The third kappa shape index (κ3) is 7.00. The SMILES string of the molecule is C=C(C=CC=C(C)C)CN(C)c1cccc(NC(=O)c2cnc3cc(OCCC)ccn23)c1C(=C)CC. The number of anilines is 2. The first-order valence-corrected chi connectivity index (χ1v) is 12.7. The summed E-state index contributed by atoms with van der Waals surface area (Å²) in [6.45, 7) is 18.0. The van der Waals surface area contributed by atoms with Gasteiger partial charge in [0.15, 0.2) is 0 Å². The van der Waals surface area contributed by atoms with Crippen molar-refractivity contribution in [2.24, 2.45) is 0 Å². The second kappa shape index (κ2) is 12.8. The van der Waals surface area contributed by atoms with E-state index in [9.17, 15) is 4.79 Å². The van der Waals surface area contributed by atoms with Gasteiger partial charge in [0.25, 0.3) is 5.91 Å². The summed E-state index contributed by atoms with van der Waals surface area (Å²) in [6.07, 6.45) is 11.2. The summed E-state index contributed by atoms with van der Waals surface area (Å²) in [7, 11) is 2.02. The Hall–Kier alpha value is -4.06. The number of hydrogen-bond donors (Lipinski definition) is 1. The Balaban J connectivity index is 1.87. The van der Waals surface area contributed by atoms with Gasteiger partial charge < -0.3 is 15.0 Å². The summed E-state index contributed by atoms with van der Waals surface area (Å²) in [6, 6.07) is 9.59. The fourth-order valence-electron chi connectivity index (χ4n) is 3.96. The van der Waals surface area contributed by atoms with Crippen molar-refractivity contribution in [3.05, 3.63) is 96.5 Å². The number of carbonyl (C=O) groups is 1. The number of allylic oxidation sites excluding steroid dienone is 4. The molecule has 3 rings (SSSR count). The van der Waals surface area contributed by atoms with Gasteiger partial charge in [0.1, 0.15) is 17.1 Å². The van der Waals surface area contributed by atoms with Crippen molar-refractivity contribution in [2.45, 2.75) is 40.5 Å². The number of carbonyl (C=O) groups excluding carboxylic acids is 1. The van der Waals surface area contributed by atoms with Crippen LogP contribution in [0.25, 0.3) is 11.2 Å². The molecular formula is C31H38N4O2. The number of benzene rings is 1. The Bertz CT molecular complexity index is 1340. The molecule has 0 radical (unpaired) electrons. The first-order chi connectivity index (χ1) is 17.7. The molecule has 0 aliphatic heterocycles. The number of ether oxygens (including phenoxy) is 1. The molecule has 0 aliphatic carbocycles. The van der Waals surface area contributed by atoms with Gasteiger partial charge in [-0.25, -0.2) is 4.98 Å². The standard InChI is InChI=1S/C31H38N4O2/c1-8-18-37-25-16-17-35-28(20-32-29(35)19-25)31(36)33-26-14-11-15-27(30(26)24(6)9-2)34(7)21-23(5)13-10-12-22(3)4/h10-17,19-20H,5-6,8-9,18,21H2,1-4,7H3,(H,33,36). The van der Waals surface area contributed by atoms with E-state index < -0.39 is 0 Å². The van der Waals surface area contributed by atoms with Crippen LogP contribution in [0.2, 0.25) is 0 Å². The van der Waals surface area contributed by atoms with E-state index in [0.717, 1.165) is 41.0 Å². The molecule has 0 bridgehead atoms. The number of nitrogens with one attached hydrogen (secondary N) is 1. The molecule has 6 heteroatoms. The predicted octanol–water partition coefficient (Wildman–Crippen LogP) is 7.31. The van der Waals surface area contributed by atoms with Gasteiger partial charge in [-0.15, -0.1) is 0 Å². The highest BCUT2D eigenvalue weighted by Gasteiger charge is 2.19. The molecule has 0 atom stereocenters. The third-order valence-corrected chi connectivity index (χ3v) is 5.87. The quantitative estimate of drug-likeness (QED) is 0.266. The third-order valence-electron chi connectivity index (χ3n) is 5.87. The van der Waals surface area contributed by atoms with Crippen molar-refractivity contribution in [3.63, 3.8) is 0 Å². The van der Waals surface area contributed by atoms with Crippen LogP contribution in [-0.4, -0.2) is 35.5 Å². The first kappa shape index (κ1) is 27.5. The zero-order valence-electron chi connectivity index (χ0n) is 22.7. The van der Waals surface area contributed by atoms with Crippen molar-refractivity contribution in [1.29, 1.82) is 0 Å². The molecule has 0 saturated heterocycles. The molecule has 1 amide bonds. The van der Waals surface area contributed by atoms with Gasteiger partial charge >= 0.3 is 0 Å². The van der Waals surface area contributed by atoms with Gasteiger partial charge in [0, 0.05) is 37.1 Å². The van der Waals surface area contributed by atoms with Crippen molar-refractivity contribution < 1.29 is 9.53 Å². The predicted molar refractivity (Wildman–Crippen MR) is 156 cm³/mol. The van der Waals surface area contributed by atoms with Gasteiger partial charge in [-0.2, -0.15) is 0 Å². The van der Waals surface area contributed by atoms with Gasteiger partial charge in [0.05, 0.1) is 18.5 Å². The van der Waals surface area contributed by atoms with E-state index in [0.29, 0.717) is 30.2 Å². The maximum absolute atomic E-state index is 13.4. The fourth-order valence-corrected chi connectivity index (χ4v) is 3.96. The normalized spacial score (nSPS) is 10.9. The van der Waals surface area contributed by atoms with Gasteiger partial charge in [-0.05, 0) is 56.0 Å². The smallest absolute Gasteiger partial charge is 0.274 e. The maximum Gasteiger partial charge on any atom is 0.274 e. The Morgan fingerprint density at radius 1 is 1.22 bits per heavy atom. The Kier molecular flexibility index (Phi) is 9.50. The van der Waals surface area contributed by atoms with E-state index in [1.54, 1.807) is 10.6 Å². The van der Waals surface area contributed by atoms with Crippen molar-refractivity contribution in [1.82, 2.24) is 9.38 Å². The van der Waals surface area contributed by atoms with Gasteiger partial charge in [-0.1, -0.05) is 56.9 Å². The summed E-state index contributed by atoms with van der Waals surface area (Å²) < 4.78 is 7.46. The molecular weight excluding hydrogens is 460 g/mol. The van der Waals surface area contributed by atoms with Crippen molar-refractivity contribution in [3.8, 4) is 5.75 Å². The topological polar surface area (TPSA) is 58.9 Å². The zero-order chi connectivity index (χ0) is 26.9. The lowest BCUT2D eigenvalue weighted by Gasteiger charge is -2.25. The average Bonchev–Trinajstić information content (AvgIpc) is 3.30. The van der Waals surface area contributed by atoms with Crippen LogP contribution in [0.1, 0.15) is 56.6 Å². The van der Waals surface area contributed by atoms with Crippen LogP contribution in [0.4, 0.5) is 11.4 Å². The number of aromatic nitrogens is 2. The number of fused-ring (bicyclic) bond motifs is 1. The van der Waals surface area contributed by atoms with Crippen LogP contribution in [0.5, 0.6) is 5.75 Å². The highest BCUT2D eigenvalue weighted by atomic mass is 16.5. The molecule has 1 aromatic carbocycles. The number of likely N-dealkylation sites (N-methyl/N-ethyl adjacent to an activating group) is 1. The van der Waals surface area contributed by atoms with Crippen molar-refractivity contribution >= 4 is 28.5 Å². The molecule has 0 unspecified atom stereocenters. The summed E-state index contributed by atoms with van der Waals surface area (Å²) in [5.41, 5.74) is 6.88. The molecule has 37 heavy (non-hydrogen) atoms. The molecule has 3 aromatic rings. The van der Waals surface area contributed by atoms with E-state index in [1.165, 1.54) is 5.57 Å². The molecule has 0 saturated carbocycles. The van der Waals surface area contributed by atoms with Gasteiger partial charge in [-0.3, -0.25) is 9.20 Å². The summed E-state index contributed by atoms with van der Waals surface area (Å²) >= 11 is 0. The molecule has 0 fully saturated rings. The van der Waals surface area contributed by atoms with Crippen LogP contribution >= 0.6 is 0 Å². The van der Waals surface area contributed by atoms with Crippen LogP contribution in [-0.2, 0) is 0 Å². The monoisotopic (exact) mass is 498 g/mol. The number of pyridine rings is 1. The summed E-state index contributed by atoms with van der Waals surface area (Å²) in [4.78, 5) is 19.9. The Labute approximate surface area is 220 Å². The minimum absolute atomic E-state index is 0.242. The van der Waals surface area contributed by atoms with Crippen LogP contribution in [0.15, 0.2) is 85.3 Å². The minimum Gasteiger partial charge on any atom is -0.493 e. The van der Waals surface area contributed by atoms with E-state index in [2.05, 4.69) is 62.1 Å². The summed E-state index contributed by atoms with van der Waals surface area (Å²) in [5.74, 6) is 0.496. The average molecular weight is 499 g/mol. The van der Waals surface area contributed by atoms with E-state index in [-0.39, 0.29) is 5.91 Å². The van der Waals surface area contributed by atoms with Crippen molar-refractivity contribution in [2.75, 3.05) is 30.4 Å². The van der Waals surface area contributed by atoms with E-state index in [1.807, 2.05) is 55.7 Å². The number of imidazole rings is 1. The zero-order valence-corrected chi connectivity index (χ0v) is 22.7. The molecule has 0 spiro atoms. The largest absolute Gasteiger partial charge is 0.493 e. The lowest BCUT2D eigenvalue weighted by atomic mass is 9.99. The van der Waals surface area contributed by atoms with E-state index >= 15 is 0 Å². The Morgan fingerprint density at radius 3 is 2.70 bits per heavy atom. The first-order valence-electron chi connectivity index (χ1n) is 12.7. The number of rotatable bonds is 12. The van der Waals surface area contributed by atoms with Crippen LogP contribution in [0, 0.1) is 0 Å². The summed E-state index contributed by atoms with van der Waals surface area (Å²) in [5, 5.41) is 3.10. The number of amides is 1. The highest BCUT2D eigenvalue weighted by molar-refractivity contribution is 6.05. The molecule has 1 N–H and O–H groups in total. The van der Waals surface area contributed by atoms with Crippen LogP contribution in [0.3, 0.4) is 0 Å². The Morgan fingerprint density at radius 2 is 2.00 bits per heavy atom. The molecule has 6 nitrogen and oxygen atoms in total. The number of nitrogens with zero attached hydrogens (tertiary/aromatic N) is 3. The van der Waals surface area contributed by atoms with Gasteiger partial charge in [0.2, 0.25) is 0 Å². The lowest BCUT2D eigenvalue weighted by Crippen LogP contribution is -2.22. The molecule has 0 aliphatic rings. The maximum atomic E-state index is 13.4. The van der Waals surface area contributed by atoms with Crippen LogP contribution < -0.4 is 15.0 Å². The minimum atomic E-state index is -0.242. The lowest BCUT2D eigenvalue weighted by molar-refractivity contribution is 0.102.